The third-order valence-corrected chi connectivity index (χ3v) is 5.32. The fourth-order valence-electron chi connectivity index (χ4n) is 2.78. The molecule has 0 aromatic heterocycles. The van der Waals surface area contributed by atoms with Crippen LogP contribution in [0, 0.1) is 0 Å². The summed E-state index contributed by atoms with van der Waals surface area (Å²) in [5, 5.41) is 5.74. The van der Waals surface area contributed by atoms with Crippen molar-refractivity contribution in [2.45, 2.75) is 46.0 Å². The zero-order chi connectivity index (χ0) is 23.3. The van der Waals surface area contributed by atoms with Crippen LogP contribution in [0.5, 0.6) is 5.75 Å². The molecule has 0 aliphatic carbocycles. The lowest BCUT2D eigenvalue weighted by Gasteiger charge is -2.12. The number of unbranched alkanes of at least 4 members (excludes halogenated alkanes) is 3. The molecule has 32 heavy (non-hydrogen) atoms. The summed E-state index contributed by atoms with van der Waals surface area (Å²) in [6.45, 7) is 5.14. The number of halogens is 1. The molecular formula is C24H29BrN2O4S. The van der Waals surface area contributed by atoms with Crippen molar-refractivity contribution in [3.8, 4) is 5.75 Å². The first-order valence-electron chi connectivity index (χ1n) is 10.8. The predicted molar refractivity (Wildman–Crippen MR) is 134 cm³/mol. The maximum atomic E-state index is 12.5. The minimum Gasteiger partial charge on any atom is -0.492 e. The van der Waals surface area contributed by atoms with Crippen molar-refractivity contribution in [2.24, 2.45) is 0 Å². The minimum atomic E-state index is -0.367. The van der Waals surface area contributed by atoms with Gasteiger partial charge in [-0.05, 0) is 83.5 Å². The highest BCUT2D eigenvalue weighted by Crippen LogP contribution is 2.26. The number of esters is 1. The van der Waals surface area contributed by atoms with Gasteiger partial charge in [0.25, 0.3) is 5.91 Å². The van der Waals surface area contributed by atoms with Crippen LogP contribution in [-0.4, -0.2) is 30.2 Å². The summed E-state index contributed by atoms with van der Waals surface area (Å²) in [6.07, 6.45) is 5.30. The number of carbonyl (C=O) groups is 2. The van der Waals surface area contributed by atoms with Gasteiger partial charge in [0.05, 0.1) is 23.2 Å². The van der Waals surface area contributed by atoms with Crippen LogP contribution in [0.1, 0.15) is 66.7 Å². The standard InChI is InChI=1S/C24H29BrN2O4S/c1-3-5-6-7-15-30-21-13-10-18(16-20(21)25)22(28)27-24(32)26-19-11-8-17(9-12-19)23(29)31-14-4-2/h8-13,16H,3-7,14-15H2,1-2H3,(H2,26,27,28,32). The Bertz CT molecular complexity index is 919. The number of hydrogen-bond acceptors (Lipinski definition) is 5. The topological polar surface area (TPSA) is 76.7 Å². The Morgan fingerprint density at radius 2 is 1.66 bits per heavy atom. The van der Waals surface area contributed by atoms with Gasteiger partial charge in [-0.25, -0.2) is 4.79 Å². The molecule has 0 bridgehead atoms. The molecule has 2 aromatic rings. The minimum absolute atomic E-state index is 0.156. The molecule has 0 spiro atoms. The first-order valence-corrected chi connectivity index (χ1v) is 12.0. The van der Waals surface area contributed by atoms with E-state index in [1.807, 2.05) is 6.92 Å². The number of hydrogen-bond donors (Lipinski definition) is 2. The SMILES string of the molecule is CCCCCCOc1ccc(C(=O)NC(=S)Nc2ccc(C(=O)OCCC)cc2)cc1Br. The summed E-state index contributed by atoms with van der Waals surface area (Å²) >= 11 is 8.69. The van der Waals surface area contributed by atoms with E-state index >= 15 is 0 Å². The van der Waals surface area contributed by atoms with Gasteiger partial charge in [-0.15, -0.1) is 0 Å². The molecule has 8 heteroatoms. The fourth-order valence-corrected chi connectivity index (χ4v) is 3.48. The maximum absolute atomic E-state index is 12.5. The molecule has 0 aliphatic heterocycles. The van der Waals surface area contributed by atoms with Crippen LogP contribution in [0.4, 0.5) is 5.69 Å². The first-order chi connectivity index (χ1) is 15.4. The van der Waals surface area contributed by atoms with Crippen LogP contribution in [-0.2, 0) is 4.74 Å². The largest absolute Gasteiger partial charge is 0.492 e. The molecule has 172 valence electrons. The van der Waals surface area contributed by atoms with Gasteiger partial charge in [-0.2, -0.15) is 0 Å². The number of rotatable bonds is 11. The van der Waals surface area contributed by atoms with Crippen molar-refractivity contribution in [3.63, 3.8) is 0 Å². The van der Waals surface area contributed by atoms with Crippen molar-refractivity contribution in [2.75, 3.05) is 18.5 Å². The zero-order valence-corrected chi connectivity index (χ0v) is 20.8. The van der Waals surface area contributed by atoms with Crippen LogP contribution in [0.25, 0.3) is 0 Å². The molecule has 2 N–H and O–H groups in total. The Labute approximate surface area is 203 Å². The monoisotopic (exact) mass is 520 g/mol. The van der Waals surface area contributed by atoms with Crippen molar-refractivity contribution in [3.05, 3.63) is 58.1 Å². The van der Waals surface area contributed by atoms with Crippen molar-refractivity contribution < 1.29 is 19.1 Å². The Morgan fingerprint density at radius 3 is 2.31 bits per heavy atom. The van der Waals surface area contributed by atoms with E-state index in [-0.39, 0.29) is 17.0 Å². The number of thiocarbonyl (C=S) groups is 1. The lowest BCUT2D eigenvalue weighted by molar-refractivity contribution is 0.0505. The third-order valence-electron chi connectivity index (χ3n) is 4.49. The quantitative estimate of drug-likeness (QED) is 0.211. The molecule has 0 saturated heterocycles. The average Bonchev–Trinajstić information content (AvgIpc) is 2.78. The van der Waals surface area contributed by atoms with Gasteiger partial charge in [0.15, 0.2) is 5.11 Å². The van der Waals surface area contributed by atoms with Gasteiger partial charge in [-0.1, -0.05) is 33.1 Å². The summed E-state index contributed by atoms with van der Waals surface area (Å²) in [7, 11) is 0. The van der Waals surface area contributed by atoms with Crippen LogP contribution in [0.15, 0.2) is 46.9 Å². The van der Waals surface area contributed by atoms with E-state index in [0.717, 1.165) is 19.3 Å². The number of ether oxygens (including phenoxy) is 2. The van der Waals surface area contributed by atoms with E-state index in [1.54, 1.807) is 42.5 Å². The molecule has 6 nitrogen and oxygen atoms in total. The van der Waals surface area contributed by atoms with E-state index in [1.165, 1.54) is 12.8 Å². The van der Waals surface area contributed by atoms with E-state index in [4.69, 9.17) is 21.7 Å². The molecular weight excluding hydrogens is 492 g/mol. The molecule has 0 heterocycles. The normalized spacial score (nSPS) is 10.3. The Morgan fingerprint density at radius 1 is 0.938 bits per heavy atom. The van der Waals surface area contributed by atoms with E-state index in [2.05, 4.69) is 33.5 Å². The summed E-state index contributed by atoms with van der Waals surface area (Å²) in [5.74, 6) is 0.00186. The fraction of sp³-hybridized carbons (Fsp3) is 0.375. The van der Waals surface area contributed by atoms with Gasteiger partial charge in [-0.3, -0.25) is 10.1 Å². The Hall–Kier alpha value is -2.45. The molecule has 0 aliphatic rings. The third kappa shape index (κ3) is 8.59. The lowest BCUT2D eigenvalue weighted by Crippen LogP contribution is -2.34. The second kappa shape index (κ2) is 13.9. The van der Waals surface area contributed by atoms with Crippen molar-refractivity contribution in [1.29, 1.82) is 0 Å². The number of benzene rings is 2. The number of carbonyl (C=O) groups excluding carboxylic acids is 2. The summed E-state index contributed by atoms with van der Waals surface area (Å²) < 4.78 is 11.6. The predicted octanol–water partition coefficient (Wildman–Crippen LogP) is 6.10. The van der Waals surface area contributed by atoms with Gasteiger partial charge in [0.1, 0.15) is 5.75 Å². The maximum Gasteiger partial charge on any atom is 0.338 e. The highest BCUT2D eigenvalue weighted by Gasteiger charge is 2.12. The molecule has 0 atom stereocenters. The number of anilines is 1. The average molecular weight is 521 g/mol. The smallest absolute Gasteiger partial charge is 0.338 e. The second-order valence-electron chi connectivity index (χ2n) is 7.18. The zero-order valence-electron chi connectivity index (χ0n) is 18.4. The van der Waals surface area contributed by atoms with Gasteiger partial charge >= 0.3 is 5.97 Å². The van der Waals surface area contributed by atoms with Crippen LogP contribution >= 0.6 is 28.1 Å². The molecule has 0 unspecified atom stereocenters. The molecule has 0 saturated carbocycles. The van der Waals surface area contributed by atoms with E-state index < -0.39 is 0 Å². The first kappa shape index (κ1) is 25.8. The van der Waals surface area contributed by atoms with Crippen molar-refractivity contribution in [1.82, 2.24) is 5.32 Å². The Balaban J connectivity index is 1.86. The van der Waals surface area contributed by atoms with E-state index in [9.17, 15) is 9.59 Å². The summed E-state index contributed by atoms with van der Waals surface area (Å²) in [6, 6.07) is 11.8. The van der Waals surface area contributed by atoms with Crippen molar-refractivity contribution >= 4 is 50.8 Å². The van der Waals surface area contributed by atoms with Crippen LogP contribution in [0.2, 0.25) is 0 Å². The Kier molecular flexibility index (Phi) is 11.2. The lowest BCUT2D eigenvalue weighted by atomic mass is 10.2. The van der Waals surface area contributed by atoms with Crippen LogP contribution in [0.3, 0.4) is 0 Å². The highest BCUT2D eigenvalue weighted by molar-refractivity contribution is 9.10. The summed E-state index contributed by atoms with van der Waals surface area (Å²) in [5.41, 5.74) is 1.56. The van der Waals surface area contributed by atoms with Crippen LogP contribution < -0.4 is 15.4 Å². The highest BCUT2D eigenvalue weighted by atomic mass is 79.9. The number of nitrogens with one attached hydrogen (secondary N) is 2. The second-order valence-corrected chi connectivity index (χ2v) is 8.44. The molecule has 1 amide bonds. The molecule has 0 radical (unpaired) electrons. The van der Waals surface area contributed by atoms with Gasteiger partial charge in [0.2, 0.25) is 0 Å². The molecule has 2 aromatic carbocycles. The molecule has 2 rings (SSSR count). The molecule has 0 fully saturated rings. The summed E-state index contributed by atoms with van der Waals surface area (Å²) in [4.78, 5) is 24.4. The van der Waals surface area contributed by atoms with Gasteiger partial charge < -0.3 is 14.8 Å². The van der Waals surface area contributed by atoms with Gasteiger partial charge in [0, 0.05) is 11.3 Å². The number of amides is 1. The van der Waals surface area contributed by atoms with E-state index in [0.29, 0.717) is 40.3 Å².